The van der Waals surface area contributed by atoms with Crippen molar-refractivity contribution in [2.45, 2.75) is 19.3 Å². The fourth-order valence-electron chi connectivity index (χ4n) is 9.62. The zero-order valence-corrected chi connectivity index (χ0v) is 25.7. The van der Waals surface area contributed by atoms with Crippen molar-refractivity contribution in [3.63, 3.8) is 0 Å². The second-order valence-corrected chi connectivity index (χ2v) is 14.7. The molecule has 0 spiro atoms. The Bertz CT molecular complexity index is 2860. The molecule has 2 nitrogen and oxygen atoms in total. The normalized spacial score (nSPS) is 15.0. The first-order valence-corrected chi connectivity index (χ1v) is 16.7. The molecule has 45 heavy (non-hydrogen) atoms. The summed E-state index contributed by atoms with van der Waals surface area (Å²) in [5.74, 6) is 0. The lowest BCUT2D eigenvalue weighted by Crippen LogP contribution is -2.55. The highest BCUT2D eigenvalue weighted by Gasteiger charge is 2.47. The van der Waals surface area contributed by atoms with Gasteiger partial charge in [0.2, 0.25) is 0 Å². The van der Waals surface area contributed by atoms with Gasteiger partial charge in [-0.15, -0.1) is 11.3 Å². The number of aromatic nitrogens is 2. The molecule has 5 heterocycles. The second-order valence-electron chi connectivity index (χ2n) is 13.6. The summed E-state index contributed by atoms with van der Waals surface area (Å²) in [6.07, 6.45) is 0. The number of hydrogen-bond acceptors (Lipinski definition) is 1. The second kappa shape index (κ2) is 7.42. The first-order chi connectivity index (χ1) is 22.1. The fourth-order valence-corrected chi connectivity index (χ4v) is 10.8. The maximum atomic E-state index is 2.76. The molecule has 0 saturated heterocycles. The number of fused-ring (bicyclic) bond motifs is 16. The van der Waals surface area contributed by atoms with Gasteiger partial charge in [-0.1, -0.05) is 117 Å². The molecule has 12 rings (SSSR count). The minimum Gasteiger partial charge on any atom is -0.375 e. The van der Waals surface area contributed by atoms with Gasteiger partial charge in [-0.2, -0.15) is 0 Å². The number of rotatable bonds is 0. The molecule has 0 saturated carbocycles. The van der Waals surface area contributed by atoms with E-state index in [1.54, 1.807) is 0 Å². The maximum absolute atomic E-state index is 2.76. The molecule has 0 fully saturated rings. The van der Waals surface area contributed by atoms with E-state index in [0.29, 0.717) is 0 Å². The van der Waals surface area contributed by atoms with Crippen molar-refractivity contribution < 1.29 is 0 Å². The van der Waals surface area contributed by atoms with E-state index in [-0.39, 0.29) is 12.3 Å². The van der Waals surface area contributed by atoms with Crippen LogP contribution in [0, 0.1) is 0 Å². The van der Waals surface area contributed by atoms with Gasteiger partial charge in [0.15, 0.2) is 0 Å². The summed E-state index contributed by atoms with van der Waals surface area (Å²) >= 11 is 1.94. The lowest BCUT2D eigenvalue weighted by molar-refractivity contribution is 0.666. The number of thiophene rings is 1. The van der Waals surface area contributed by atoms with Gasteiger partial charge < -0.3 is 9.05 Å². The molecule has 208 valence electrons. The van der Waals surface area contributed by atoms with Crippen molar-refractivity contribution >= 4 is 82.0 Å². The van der Waals surface area contributed by atoms with E-state index in [9.17, 15) is 0 Å². The van der Waals surface area contributed by atoms with Crippen molar-refractivity contribution in [2.75, 3.05) is 0 Å². The summed E-state index contributed by atoms with van der Waals surface area (Å²) in [6, 6.07) is 43.7. The van der Waals surface area contributed by atoms with Crippen LogP contribution in [0.5, 0.6) is 0 Å². The van der Waals surface area contributed by atoms with E-state index < -0.39 is 0 Å². The zero-order valence-electron chi connectivity index (χ0n) is 24.8. The van der Waals surface area contributed by atoms with E-state index in [0.717, 1.165) is 0 Å². The van der Waals surface area contributed by atoms with Crippen LogP contribution in [0.2, 0.25) is 0 Å². The Morgan fingerprint density at radius 1 is 0.644 bits per heavy atom. The van der Waals surface area contributed by atoms with Gasteiger partial charge in [0.25, 0.3) is 0 Å². The number of nitrogens with zero attached hydrogens (tertiary/aromatic N) is 2. The molecule has 1 aliphatic carbocycles. The molecule has 0 radical (unpaired) electrons. The van der Waals surface area contributed by atoms with Crippen molar-refractivity contribution in [1.29, 1.82) is 0 Å². The average molecular weight is 589 g/mol. The van der Waals surface area contributed by atoms with Crippen molar-refractivity contribution in [2.24, 2.45) is 0 Å². The maximum Gasteiger partial charge on any atom is 0.333 e. The van der Waals surface area contributed by atoms with Crippen LogP contribution in [-0.2, 0) is 5.41 Å². The summed E-state index contributed by atoms with van der Waals surface area (Å²) in [7, 11) is 0. The molecule has 3 aromatic heterocycles. The van der Waals surface area contributed by atoms with Crippen LogP contribution in [0.15, 0.2) is 115 Å². The summed E-state index contributed by atoms with van der Waals surface area (Å²) in [5.41, 5.74) is 16.6. The number of hydrogen-bond donors (Lipinski definition) is 0. The van der Waals surface area contributed by atoms with Gasteiger partial charge in [0.05, 0.1) is 15.7 Å². The highest BCUT2D eigenvalue weighted by atomic mass is 32.1. The van der Waals surface area contributed by atoms with Crippen molar-refractivity contribution in [3.8, 4) is 28.1 Å². The van der Waals surface area contributed by atoms with Crippen LogP contribution in [-0.4, -0.2) is 15.9 Å². The Labute approximate surface area is 263 Å². The Hall–Kier alpha value is -5.06. The molecule has 4 heteroatoms. The molecule has 0 atom stereocenters. The Kier molecular flexibility index (Phi) is 3.85. The van der Waals surface area contributed by atoms with Crippen LogP contribution < -0.4 is 10.9 Å². The fraction of sp³-hybridized carbons (Fsp3) is 0.0732. The largest absolute Gasteiger partial charge is 0.375 e. The topological polar surface area (TPSA) is 9.86 Å². The molecule has 2 aliphatic heterocycles. The molecule has 9 aromatic rings. The summed E-state index contributed by atoms with van der Waals surface area (Å²) < 4.78 is 8.13. The molecule has 0 bridgehead atoms. The molecule has 0 N–H and O–H groups in total. The van der Waals surface area contributed by atoms with Gasteiger partial charge in [-0.3, -0.25) is 0 Å². The summed E-state index contributed by atoms with van der Waals surface area (Å²) in [5, 5.41) is 6.74. The molecule has 6 aromatic carbocycles. The summed E-state index contributed by atoms with van der Waals surface area (Å²) in [6.45, 7) is 4.92. The molecular formula is C41H25BN2S. The van der Waals surface area contributed by atoms with E-state index in [4.69, 9.17) is 0 Å². The lowest BCUT2D eigenvalue weighted by atomic mass is 9.45. The Morgan fingerprint density at radius 2 is 1.38 bits per heavy atom. The van der Waals surface area contributed by atoms with Crippen molar-refractivity contribution in [1.82, 2.24) is 9.05 Å². The molecule has 0 unspecified atom stereocenters. The van der Waals surface area contributed by atoms with Gasteiger partial charge in [0, 0.05) is 54.3 Å². The molecule has 3 aliphatic rings. The van der Waals surface area contributed by atoms with Crippen LogP contribution in [0.3, 0.4) is 0 Å². The Morgan fingerprint density at radius 3 is 2.31 bits per heavy atom. The highest BCUT2D eigenvalue weighted by molar-refractivity contribution is 7.26. The highest BCUT2D eigenvalue weighted by Crippen LogP contribution is 2.56. The van der Waals surface area contributed by atoms with E-state index in [1.165, 1.54) is 103 Å². The SMILES string of the molecule is CC1(C)c2ccccc2-c2c1c1cccc3c1n2B1c2c(cc4ccccc4c2-3)-n2c3c1cccc3c1sc3ccccc3c12. The predicted octanol–water partition coefficient (Wildman–Crippen LogP) is 9.36. The van der Waals surface area contributed by atoms with Gasteiger partial charge in [-0.25, -0.2) is 0 Å². The molecular weight excluding hydrogens is 563 g/mol. The third-order valence-electron chi connectivity index (χ3n) is 11.2. The first-order valence-electron chi connectivity index (χ1n) is 15.9. The van der Waals surface area contributed by atoms with Crippen LogP contribution in [0.1, 0.15) is 25.0 Å². The van der Waals surface area contributed by atoms with E-state index in [1.807, 2.05) is 11.3 Å². The number of para-hydroxylation sites is 2. The predicted molar refractivity (Wildman–Crippen MR) is 193 cm³/mol. The van der Waals surface area contributed by atoms with Crippen LogP contribution in [0.25, 0.3) is 81.0 Å². The Balaban J connectivity index is 1.38. The van der Waals surface area contributed by atoms with E-state index >= 15 is 0 Å². The monoisotopic (exact) mass is 588 g/mol. The quantitative estimate of drug-likeness (QED) is 0.156. The number of benzene rings is 6. The van der Waals surface area contributed by atoms with Gasteiger partial charge in [-0.05, 0) is 50.5 Å². The third-order valence-corrected chi connectivity index (χ3v) is 12.4. The first kappa shape index (κ1) is 23.3. The summed E-state index contributed by atoms with van der Waals surface area (Å²) in [4.78, 5) is 0. The standard InChI is InChI=1S/C41H25BN2S/c1-41(2)29-18-7-5-13-24(29)38-34(41)27-16-9-15-26-33-23-12-4-3-11-22(23)21-31-35(33)42(44(38)36(26)27)30-19-10-17-28-37(30)43(31)39-25-14-6-8-20-32(25)45-40(28)39/h3-21H,1-2H3. The molecule has 0 amide bonds. The van der Waals surface area contributed by atoms with Crippen molar-refractivity contribution in [3.05, 3.63) is 126 Å². The lowest BCUT2D eigenvalue weighted by Gasteiger charge is -2.35. The minimum atomic E-state index is -0.0854. The minimum absolute atomic E-state index is 0.0779. The van der Waals surface area contributed by atoms with Crippen LogP contribution in [0.4, 0.5) is 0 Å². The smallest absolute Gasteiger partial charge is 0.333 e. The van der Waals surface area contributed by atoms with E-state index in [2.05, 4.69) is 138 Å². The average Bonchev–Trinajstić information content (AvgIpc) is 3.78. The van der Waals surface area contributed by atoms with Crippen LogP contribution >= 0.6 is 11.3 Å². The van der Waals surface area contributed by atoms with Gasteiger partial charge in [0.1, 0.15) is 0 Å². The third kappa shape index (κ3) is 2.43. The van der Waals surface area contributed by atoms with Gasteiger partial charge >= 0.3 is 6.85 Å². The zero-order chi connectivity index (χ0) is 29.3.